The van der Waals surface area contributed by atoms with Gasteiger partial charge in [0.15, 0.2) is 0 Å². The third kappa shape index (κ3) is 5.94. The largest absolute Gasteiger partial charge is 0.381 e. The molecule has 1 aromatic rings. The van der Waals surface area contributed by atoms with Crippen LogP contribution in [-0.2, 0) is 4.74 Å². The van der Waals surface area contributed by atoms with E-state index in [-0.39, 0.29) is 0 Å². The molecular weight excluding hydrogens is 228 g/mol. The Morgan fingerprint density at radius 1 is 1.35 bits per heavy atom. The van der Waals surface area contributed by atoms with Crippen LogP contribution in [0.3, 0.4) is 0 Å². The standard InChI is InChI=1S/C15H22OS/c1-4-8-14(16-3)11-13(2)12-17-15-9-6-5-7-10-15/h5-7,9-10,14H,2,4,8,11-12H2,1,3H3. The van der Waals surface area contributed by atoms with Gasteiger partial charge in [0.2, 0.25) is 0 Å². The summed E-state index contributed by atoms with van der Waals surface area (Å²) in [5, 5.41) is 0. The molecule has 1 rings (SSSR count). The lowest BCUT2D eigenvalue weighted by molar-refractivity contribution is 0.0951. The molecule has 0 aromatic heterocycles. The van der Waals surface area contributed by atoms with Gasteiger partial charge in [0.05, 0.1) is 6.10 Å². The predicted molar refractivity (Wildman–Crippen MR) is 76.6 cm³/mol. The van der Waals surface area contributed by atoms with Crippen LogP contribution in [0.2, 0.25) is 0 Å². The summed E-state index contributed by atoms with van der Waals surface area (Å²) in [6.45, 7) is 6.33. The highest BCUT2D eigenvalue weighted by Crippen LogP contribution is 2.22. The van der Waals surface area contributed by atoms with E-state index in [1.807, 2.05) is 17.8 Å². The fraction of sp³-hybridized carbons (Fsp3) is 0.467. The Kier molecular flexibility index (Phi) is 7.06. The Morgan fingerprint density at radius 3 is 2.65 bits per heavy atom. The van der Waals surface area contributed by atoms with Crippen LogP contribution < -0.4 is 0 Å². The summed E-state index contributed by atoms with van der Waals surface area (Å²) in [5.41, 5.74) is 1.26. The Hall–Kier alpha value is -0.730. The van der Waals surface area contributed by atoms with Crippen LogP contribution in [0, 0.1) is 0 Å². The Bertz CT molecular complexity index is 321. The van der Waals surface area contributed by atoms with Gasteiger partial charge in [-0.3, -0.25) is 0 Å². The minimum atomic E-state index is 0.337. The highest BCUT2D eigenvalue weighted by molar-refractivity contribution is 7.99. The van der Waals surface area contributed by atoms with E-state index in [0.717, 1.165) is 25.0 Å². The van der Waals surface area contributed by atoms with E-state index >= 15 is 0 Å². The molecule has 0 saturated heterocycles. The molecule has 1 nitrogen and oxygen atoms in total. The number of benzene rings is 1. The monoisotopic (exact) mass is 250 g/mol. The van der Waals surface area contributed by atoms with Crippen molar-refractivity contribution in [3.05, 3.63) is 42.5 Å². The number of hydrogen-bond acceptors (Lipinski definition) is 2. The van der Waals surface area contributed by atoms with Crippen molar-refractivity contribution in [1.82, 2.24) is 0 Å². The van der Waals surface area contributed by atoms with Crippen LogP contribution in [0.4, 0.5) is 0 Å². The van der Waals surface area contributed by atoms with Gasteiger partial charge >= 0.3 is 0 Å². The van der Waals surface area contributed by atoms with Crippen molar-refractivity contribution < 1.29 is 4.74 Å². The zero-order valence-corrected chi connectivity index (χ0v) is 11.6. The van der Waals surface area contributed by atoms with Crippen LogP contribution >= 0.6 is 11.8 Å². The predicted octanol–water partition coefficient (Wildman–Crippen LogP) is 4.54. The fourth-order valence-electron chi connectivity index (χ4n) is 1.71. The van der Waals surface area contributed by atoms with Crippen molar-refractivity contribution in [1.29, 1.82) is 0 Å². The lowest BCUT2D eigenvalue weighted by Gasteiger charge is -2.15. The highest BCUT2D eigenvalue weighted by Gasteiger charge is 2.08. The second kappa shape index (κ2) is 8.37. The summed E-state index contributed by atoms with van der Waals surface area (Å²) >= 11 is 1.84. The van der Waals surface area contributed by atoms with Crippen LogP contribution in [0.1, 0.15) is 26.2 Å². The van der Waals surface area contributed by atoms with E-state index in [1.54, 1.807) is 7.11 Å². The average molecular weight is 250 g/mol. The molecule has 1 aromatic carbocycles. The van der Waals surface area contributed by atoms with Gasteiger partial charge in [-0.05, 0) is 25.0 Å². The molecule has 0 radical (unpaired) electrons. The lowest BCUT2D eigenvalue weighted by atomic mass is 10.1. The molecule has 0 bridgehead atoms. The van der Waals surface area contributed by atoms with Gasteiger partial charge in [0.1, 0.15) is 0 Å². The number of ether oxygens (including phenoxy) is 1. The maximum Gasteiger partial charge on any atom is 0.0608 e. The Morgan fingerprint density at radius 2 is 2.06 bits per heavy atom. The van der Waals surface area contributed by atoms with E-state index in [2.05, 4.69) is 37.8 Å². The Balaban J connectivity index is 2.30. The Labute approximate surface area is 109 Å². The van der Waals surface area contributed by atoms with Gasteiger partial charge in [0.25, 0.3) is 0 Å². The van der Waals surface area contributed by atoms with Crippen molar-refractivity contribution in [2.45, 2.75) is 37.2 Å². The second-order valence-corrected chi connectivity index (χ2v) is 5.25. The van der Waals surface area contributed by atoms with Crippen LogP contribution in [0.25, 0.3) is 0 Å². The molecule has 0 aliphatic carbocycles. The van der Waals surface area contributed by atoms with Crippen molar-refractivity contribution >= 4 is 11.8 Å². The normalized spacial score (nSPS) is 12.4. The first kappa shape index (κ1) is 14.3. The topological polar surface area (TPSA) is 9.23 Å². The number of rotatable bonds is 8. The smallest absolute Gasteiger partial charge is 0.0608 e. The van der Waals surface area contributed by atoms with Gasteiger partial charge in [-0.1, -0.05) is 43.7 Å². The molecule has 0 N–H and O–H groups in total. The molecule has 1 unspecified atom stereocenters. The summed E-state index contributed by atoms with van der Waals surface area (Å²) in [4.78, 5) is 1.30. The third-order valence-corrected chi connectivity index (χ3v) is 3.80. The van der Waals surface area contributed by atoms with Gasteiger partial charge in [-0.2, -0.15) is 0 Å². The molecule has 0 aliphatic heterocycles. The quantitative estimate of drug-likeness (QED) is 0.495. The van der Waals surface area contributed by atoms with E-state index in [4.69, 9.17) is 4.74 Å². The molecule has 0 aliphatic rings. The maximum absolute atomic E-state index is 5.44. The molecule has 0 spiro atoms. The van der Waals surface area contributed by atoms with Crippen molar-refractivity contribution in [2.75, 3.05) is 12.9 Å². The first-order valence-electron chi connectivity index (χ1n) is 6.13. The molecule has 1 atom stereocenters. The van der Waals surface area contributed by atoms with E-state index in [9.17, 15) is 0 Å². The average Bonchev–Trinajstić information content (AvgIpc) is 2.37. The number of thioether (sulfide) groups is 1. The summed E-state index contributed by atoms with van der Waals surface area (Å²) < 4.78 is 5.44. The first-order valence-corrected chi connectivity index (χ1v) is 7.12. The van der Waals surface area contributed by atoms with Crippen LogP contribution in [-0.4, -0.2) is 19.0 Å². The molecule has 0 amide bonds. The van der Waals surface area contributed by atoms with Crippen LogP contribution in [0.5, 0.6) is 0 Å². The van der Waals surface area contributed by atoms with Gasteiger partial charge in [0, 0.05) is 17.8 Å². The summed E-state index contributed by atoms with van der Waals surface area (Å²) in [7, 11) is 1.79. The fourth-order valence-corrected chi connectivity index (χ4v) is 2.55. The second-order valence-electron chi connectivity index (χ2n) is 4.20. The maximum atomic E-state index is 5.44. The molecule has 0 heterocycles. The van der Waals surface area contributed by atoms with Crippen molar-refractivity contribution in [2.24, 2.45) is 0 Å². The first-order chi connectivity index (χ1) is 8.26. The minimum Gasteiger partial charge on any atom is -0.381 e. The van der Waals surface area contributed by atoms with Gasteiger partial charge in [-0.25, -0.2) is 0 Å². The van der Waals surface area contributed by atoms with E-state index in [1.165, 1.54) is 10.5 Å². The van der Waals surface area contributed by atoms with Gasteiger partial charge in [-0.15, -0.1) is 11.8 Å². The van der Waals surface area contributed by atoms with Crippen molar-refractivity contribution in [3.63, 3.8) is 0 Å². The summed E-state index contributed by atoms with van der Waals surface area (Å²) in [5.74, 6) is 0.980. The highest BCUT2D eigenvalue weighted by atomic mass is 32.2. The number of hydrogen-bond donors (Lipinski definition) is 0. The SMILES string of the molecule is C=C(CSc1ccccc1)CC(CCC)OC. The van der Waals surface area contributed by atoms with E-state index in [0.29, 0.717) is 6.10 Å². The lowest BCUT2D eigenvalue weighted by Crippen LogP contribution is -2.11. The molecule has 0 fully saturated rings. The molecule has 2 heteroatoms. The molecular formula is C15H22OS. The molecule has 94 valence electrons. The van der Waals surface area contributed by atoms with Gasteiger partial charge < -0.3 is 4.74 Å². The zero-order chi connectivity index (χ0) is 12.5. The molecule has 17 heavy (non-hydrogen) atoms. The van der Waals surface area contributed by atoms with E-state index < -0.39 is 0 Å². The summed E-state index contributed by atoms with van der Waals surface area (Å²) in [6.07, 6.45) is 3.59. The summed E-state index contributed by atoms with van der Waals surface area (Å²) in [6, 6.07) is 10.5. The van der Waals surface area contributed by atoms with Crippen molar-refractivity contribution in [3.8, 4) is 0 Å². The van der Waals surface area contributed by atoms with Crippen LogP contribution in [0.15, 0.2) is 47.4 Å². The third-order valence-electron chi connectivity index (χ3n) is 2.65. The minimum absolute atomic E-state index is 0.337. The zero-order valence-electron chi connectivity index (χ0n) is 10.8. The number of methoxy groups -OCH3 is 1. The molecule has 0 saturated carbocycles.